The quantitative estimate of drug-likeness (QED) is 0.542. The number of rotatable bonds is 7. The van der Waals surface area contributed by atoms with Crippen LogP contribution in [0.4, 0.5) is 10.1 Å². The van der Waals surface area contributed by atoms with Crippen molar-refractivity contribution in [2.75, 3.05) is 38.3 Å². The largest absolute Gasteiger partial charge is 0.492 e. The molecule has 3 aromatic rings. The van der Waals surface area contributed by atoms with E-state index in [0.29, 0.717) is 12.2 Å². The van der Waals surface area contributed by atoms with Gasteiger partial charge >= 0.3 is 0 Å². The fourth-order valence-electron chi connectivity index (χ4n) is 3.44. The summed E-state index contributed by atoms with van der Waals surface area (Å²) in [5.74, 6) is 0.722. The molecule has 8 heteroatoms. The highest BCUT2D eigenvalue weighted by atomic mass is 32.2. The Morgan fingerprint density at radius 3 is 2.94 bits per heavy atom. The minimum Gasteiger partial charge on any atom is -0.492 e. The molecule has 0 fully saturated rings. The van der Waals surface area contributed by atoms with Gasteiger partial charge in [-0.25, -0.2) is 4.39 Å². The lowest BCUT2D eigenvalue weighted by Crippen LogP contribution is -2.32. The molecule has 0 bridgehead atoms. The van der Waals surface area contributed by atoms with Crippen LogP contribution >= 0.6 is 11.8 Å². The van der Waals surface area contributed by atoms with Crippen LogP contribution in [0.2, 0.25) is 0 Å². The van der Waals surface area contributed by atoms with E-state index in [-0.39, 0.29) is 24.2 Å². The van der Waals surface area contributed by atoms with Gasteiger partial charge in [-0.2, -0.15) is 5.10 Å². The molecule has 2 N–H and O–H groups in total. The van der Waals surface area contributed by atoms with Gasteiger partial charge in [0.2, 0.25) is 5.91 Å². The van der Waals surface area contributed by atoms with E-state index in [2.05, 4.69) is 26.5 Å². The third-order valence-corrected chi connectivity index (χ3v) is 6.20. The van der Waals surface area contributed by atoms with E-state index in [9.17, 15) is 9.18 Å². The van der Waals surface area contributed by atoms with E-state index in [1.807, 2.05) is 32.4 Å². The molecule has 1 aliphatic heterocycles. The maximum absolute atomic E-state index is 13.6. The molecule has 2 heterocycles. The first-order valence-corrected chi connectivity index (χ1v) is 11.1. The number of carbonyl (C=O) groups excluding carboxylic acids is 1. The second kappa shape index (κ2) is 9.53. The van der Waals surface area contributed by atoms with Crippen LogP contribution < -0.4 is 10.1 Å². The van der Waals surface area contributed by atoms with Crippen molar-refractivity contribution < 1.29 is 13.9 Å². The topological polar surface area (TPSA) is 70.2 Å². The minimum atomic E-state index is -0.373. The molecule has 0 spiro atoms. The molecule has 0 aliphatic carbocycles. The lowest BCUT2D eigenvalue weighted by Gasteiger charge is -2.25. The average molecular weight is 441 g/mol. The van der Waals surface area contributed by atoms with Crippen LogP contribution in [0.25, 0.3) is 11.1 Å². The highest BCUT2D eigenvalue weighted by Gasteiger charge is 2.27. The van der Waals surface area contributed by atoms with Crippen molar-refractivity contribution in [3.05, 3.63) is 60.2 Å². The predicted molar refractivity (Wildman–Crippen MR) is 121 cm³/mol. The summed E-state index contributed by atoms with van der Waals surface area (Å²) in [4.78, 5) is 16.1. The number of H-pyrrole nitrogens is 1. The number of hydrogen-bond acceptors (Lipinski definition) is 5. The number of aromatic amines is 1. The van der Waals surface area contributed by atoms with Crippen molar-refractivity contribution in [2.24, 2.45) is 5.92 Å². The fraction of sp³-hybridized carbons (Fsp3) is 0.304. The molecule has 6 nitrogen and oxygen atoms in total. The van der Waals surface area contributed by atoms with Crippen LogP contribution in [-0.2, 0) is 11.2 Å². The minimum absolute atomic E-state index is 0.125. The van der Waals surface area contributed by atoms with Gasteiger partial charge in [0.25, 0.3) is 0 Å². The number of thioether (sulfide) groups is 1. The molecule has 1 aromatic heterocycles. The van der Waals surface area contributed by atoms with Crippen molar-refractivity contribution in [3.63, 3.8) is 0 Å². The zero-order valence-electron chi connectivity index (χ0n) is 17.5. The van der Waals surface area contributed by atoms with E-state index < -0.39 is 0 Å². The van der Waals surface area contributed by atoms with Gasteiger partial charge in [0, 0.05) is 29.0 Å². The first-order valence-electron chi connectivity index (χ1n) is 10.1. The van der Waals surface area contributed by atoms with E-state index in [1.165, 1.54) is 12.1 Å². The monoisotopic (exact) mass is 440 g/mol. The van der Waals surface area contributed by atoms with Crippen LogP contribution in [0.15, 0.2) is 53.7 Å². The lowest BCUT2D eigenvalue weighted by atomic mass is 9.96. The van der Waals surface area contributed by atoms with E-state index in [4.69, 9.17) is 4.74 Å². The third-order valence-electron chi connectivity index (χ3n) is 5.17. The van der Waals surface area contributed by atoms with Crippen molar-refractivity contribution in [3.8, 4) is 16.9 Å². The summed E-state index contributed by atoms with van der Waals surface area (Å²) < 4.78 is 19.3. The molecule has 162 valence electrons. The molecule has 0 saturated heterocycles. The number of ether oxygens (including phenoxy) is 1. The summed E-state index contributed by atoms with van der Waals surface area (Å²) in [5.41, 5.74) is 3.52. The Bertz CT molecular complexity index is 1060. The standard InChI is InChI=1S/C23H25FN4O2S/c1-28(2)7-8-31-22-11-15(18-12-25-26-13-18)3-5-20(22)27-23(29)17-9-16-10-19(24)4-6-21(16)30-14-17/h3-6,10-13,17H,7-9,14H2,1-2H3,(H,25,26)(H,27,29). The third kappa shape index (κ3) is 5.26. The summed E-state index contributed by atoms with van der Waals surface area (Å²) in [6.07, 6.45) is 4.07. The Kier molecular flexibility index (Phi) is 6.58. The predicted octanol–water partition coefficient (Wildman–Crippen LogP) is 4.06. The number of anilines is 1. The number of benzene rings is 2. The maximum atomic E-state index is 13.6. The van der Waals surface area contributed by atoms with Crippen molar-refractivity contribution in [1.29, 1.82) is 0 Å². The van der Waals surface area contributed by atoms with Crippen molar-refractivity contribution in [2.45, 2.75) is 11.3 Å². The number of carbonyl (C=O) groups is 1. The molecule has 4 rings (SSSR count). The van der Waals surface area contributed by atoms with E-state index >= 15 is 0 Å². The molecule has 1 atom stereocenters. The van der Waals surface area contributed by atoms with Gasteiger partial charge in [0.15, 0.2) is 0 Å². The molecule has 2 aromatic carbocycles. The second-order valence-electron chi connectivity index (χ2n) is 7.80. The molecule has 1 aliphatic rings. The Hall–Kier alpha value is -2.84. The fourth-order valence-corrected chi connectivity index (χ4v) is 4.60. The van der Waals surface area contributed by atoms with E-state index in [0.717, 1.165) is 39.6 Å². The Balaban J connectivity index is 1.51. The number of amides is 1. The summed E-state index contributed by atoms with van der Waals surface area (Å²) in [6, 6.07) is 10.4. The molecule has 31 heavy (non-hydrogen) atoms. The van der Waals surface area contributed by atoms with Crippen LogP contribution in [-0.4, -0.2) is 54.0 Å². The maximum Gasteiger partial charge on any atom is 0.231 e. The second-order valence-corrected chi connectivity index (χ2v) is 8.94. The zero-order chi connectivity index (χ0) is 21.8. The number of aromatic nitrogens is 2. The molecule has 0 radical (unpaired) electrons. The number of halogens is 1. The van der Waals surface area contributed by atoms with Gasteiger partial charge in [-0.15, -0.1) is 11.8 Å². The first kappa shape index (κ1) is 21.4. The van der Waals surface area contributed by atoms with E-state index in [1.54, 1.807) is 24.0 Å². The van der Waals surface area contributed by atoms with Gasteiger partial charge in [0.05, 0.1) is 17.8 Å². The SMILES string of the molecule is CN(C)CCSc1cc(-c2cn[nH]c2)ccc1NC(=O)C1COc2ccc(F)cc2C1. The Morgan fingerprint density at radius 1 is 1.29 bits per heavy atom. The summed E-state index contributed by atoms with van der Waals surface area (Å²) in [7, 11) is 4.07. The van der Waals surface area contributed by atoms with Crippen LogP contribution in [0, 0.1) is 11.7 Å². The first-order chi connectivity index (χ1) is 15.0. The molecule has 1 amide bonds. The number of fused-ring (bicyclic) bond motifs is 1. The van der Waals surface area contributed by atoms with Gasteiger partial charge in [-0.3, -0.25) is 9.89 Å². The Labute approximate surface area is 185 Å². The smallest absolute Gasteiger partial charge is 0.231 e. The highest BCUT2D eigenvalue weighted by Crippen LogP contribution is 2.33. The summed E-state index contributed by atoms with van der Waals surface area (Å²) >= 11 is 1.70. The highest BCUT2D eigenvalue weighted by molar-refractivity contribution is 7.99. The zero-order valence-corrected chi connectivity index (χ0v) is 18.3. The van der Waals surface area contributed by atoms with Crippen LogP contribution in [0.5, 0.6) is 5.75 Å². The Morgan fingerprint density at radius 2 is 2.16 bits per heavy atom. The lowest BCUT2D eigenvalue weighted by molar-refractivity contribution is -0.121. The molecular formula is C23H25FN4O2S. The van der Waals surface area contributed by atoms with Crippen LogP contribution in [0.3, 0.4) is 0 Å². The number of nitrogens with one attached hydrogen (secondary N) is 2. The summed E-state index contributed by atoms with van der Waals surface area (Å²) in [6.45, 7) is 1.20. The molecule has 1 unspecified atom stereocenters. The van der Waals surface area contributed by atoms with Crippen molar-refractivity contribution >= 4 is 23.4 Å². The molecule has 0 saturated carbocycles. The number of hydrogen-bond donors (Lipinski definition) is 2. The van der Waals surface area contributed by atoms with Crippen molar-refractivity contribution in [1.82, 2.24) is 15.1 Å². The van der Waals surface area contributed by atoms with Gasteiger partial charge in [-0.05, 0) is 62.0 Å². The van der Waals surface area contributed by atoms with Crippen LogP contribution in [0.1, 0.15) is 5.56 Å². The average Bonchev–Trinajstić information content (AvgIpc) is 3.29. The number of nitrogens with zero attached hydrogens (tertiary/aromatic N) is 2. The van der Waals surface area contributed by atoms with Gasteiger partial charge in [-0.1, -0.05) is 6.07 Å². The van der Waals surface area contributed by atoms with Gasteiger partial charge in [0.1, 0.15) is 18.2 Å². The van der Waals surface area contributed by atoms with Gasteiger partial charge < -0.3 is 15.0 Å². The summed E-state index contributed by atoms with van der Waals surface area (Å²) in [5, 5.41) is 9.92. The molecular weight excluding hydrogens is 415 g/mol. The normalized spacial score (nSPS) is 15.4.